The SMILES string of the molecule is CCNC(=NCC(=O)N1CCN(c2ccc(Cl)cc2)CC1)NC(C)(C)C.I. The zero-order chi connectivity index (χ0) is 19.2. The van der Waals surface area contributed by atoms with Gasteiger partial charge in [0.05, 0.1) is 0 Å². The van der Waals surface area contributed by atoms with Crippen LogP contribution in [0.25, 0.3) is 0 Å². The second-order valence-electron chi connectivity index (χ2n) is 7.41. The summed E-state index contributed by atoms with van der Waals surface area (Å²) in [5.74, 6) is 0.736. The van der Waals surface area contributed by atoms with Crippen molar-refractivity contribution in [2.24, 2.45) is 4.99 Å². The summed E-state index contributed by atoms with van der Waals surface area (Å²) < 4.78 is 0. The summed E-state index contributed by atoms with van der Waals surface area (Å²) >= 11 is 5.94. The van der Waals surface area contributed by atoms with Crippen LogP contribution in [0.5, 0.6) is 0 Å². The number of anilines is 1. The van der Waals surface area contributed by atoms with Gasteiger partial charge in [0.15, 0.2) is 5.96 Å². The van der Waals surface area contributed by atoms with Gasteiger partial charge in [0, 0.05) is 49.0 Å². The van der Waals surface area contributed by atoms with E-state index in [0.29, 0.717) is 19.0 Å². The molecule has 0 spiro atoms. The molecule has 2 rings (SSSR count). The van der Waals surface area contributed by atoms with Crippen LogP contribution < -0.4 is 15.5 Å². The monoisotopic (exact) mass is 507 g/mol. The molecule has 2 N–H and O–H groups in total. The number of nitrogens with one attached hydrogen (secondary N) is 2. The van der Waals surface area contributed by atoms with Gasteiger partial charge in [0.25, 0.3) is 0 Å². The zero-order valence-electron chi connectivity index (χ0n) is 16.6. The van der Waals surface area contributed by atoms with E-state index in [-0.39, 0.29) is 42.0 Å². The standard InChI is InChI=1S/C19H30ClN5O.HI/c1-5-21-18(23-19(2,3)4)22-14-17(26)25-12-10-24(11-13-25)16-8-6-15(20)7-9-16;/h6-9H,5,10-14H2,1-4H3,(H2,21,22,23);1H. The van der Waals surface area contributed by atoms with Crippen molar-refractivity contribution in [3.63, 3.8) is 0 Å². The van der Waals surface area contributed by atoms with E-state index in [4.69, 9.17) is 11.6 Å². The van der Waals surface area contributed by atoms with Crippen LogP contribution in [-0.4, -0.2) is 61.6 Å². The van der Waals surface area contributed by atoms with E-state index in [1.54, 1.807) is 0 Å². The van der Waals surface area contributed by atoms with Crippen molar-refractivity contribution in [1.82, 2.24) is 15.5 Å². The number of guanidine groups is 1. The number of nitrogens with zero attached hydrogens (tertiary/aromatic N) is 3. The van der Waals surface area contributed by atoms with Gasteiger partial charge in [0.1, 0.15) is 6.54 Å². The smallest absolute Gasteiger partial charge is 0.244 e. The van der Waals surface area contributed by atoms with Gasteiger partial charge in [-0.05, 0) is 52.0 Å². The van der Waals surface area contributed by atoms with Crippen molar-refractivity contribution >= 4 is 53.1 Å². The molecule has 6 nitrogen and oxygen atoms in total. The molecule has 0 bridgehead atoms. The van der Waals surface area contributed by atoms with Crippen LogP contribution in [0.4, 0.5) is 5.69 Å². The van der Waals surface area contributed by atoms with E-state index in [1.165, 1.54) is 0 Å². The molecule has 1 saturated heterocycles. The molecule has 152 valence electrons. The molecule has 8 heteroatoms. The molecule has 1 aliphatic heterocycles. The number of hydrogen-bond donors (Lipinski definition) is 2. The highest BCUT2D eigenvalue weighted by Crippen LogP contribution is 2.19. The Bertz CT molecular complexity index is 622. The third kappa shape index (κ3) is 8.13. The van der Waals surface area contributed by atoms with Crippen LogP contribution in [-0.2, 0) is 4.79 Å². The van der Waals surface area contributed by atoms with Gasteiger partial charge in [-0.15, -0.1) is 24.0 Å². The van der Waals surface area contributed by atoms with E-state index >= 15 is 0 Å². The Hall–Kier alpha value is -1.22. The second-order valence-corrected chi connectivity index (χ2v) is 7.85. The summed E-state index contributed by atoms with van der Waals surface area (Å²) in [4.78, 5) is 21.1. The summed E-state index contributed by atoms with van der Waals surface area (Å²) in [7, 11) is 0. The molecule has 27 heavy (non-hydrogen) atoms. The first kappa shape index (κ1) is 23.8. The fourth-order valence-electron chi connectivity index (χ4n) is 2.77. The highest BCUT2D eigenvalue weighted by Gasteiger charge is 2.21. The number of aliphatic imine (C=N–C) groups is 1. The number of amides is 1. The van der Waals surface area contributed by atoms with Crippen molar-refractivity contribution in [1.29, 1.82) is 0 Å². The molecule has 1 aromatic rings. The van der Waals surface area contributed by atoms with Gasteiger partial charge in [-0.2, -0.15) is 0 Å². The first-order valence-electron chi connectivity index (χ1n) is 9.13. The van der Waals surface area contributed by atoms with E-state index in [9.17, 15) is 4.79 Å². The maximum atomic E-state index is 12.5. The lowest BCUT2D eigenvalue weighted by atomic mass is 10.1. The second kappa shape index (κ2) is 10.9. The number of rotatable bonds is 4. The summed E-state index contributed by atoms with van der Waals surface area (Å²) in [6, 6.07) is 7.83. The van der Waals surface area contributed by atoms with Crippen molar-refractivity contribution in [2.75, 3.05) is 44.2 Å². The minimum Gasteiger partial charge on any atom is -0.368 e. The fourth-order valence-corrected chi connectivity index (χ4v) is 2.90. The van der Waals surface area contributed by atoms with Crippen LogP contribution in [0, 0.1) is 0 Å². The molecule has 0 aliphatic carbocycles. The third-order valence-corrected chi connectivity index (χ3v) is 4.29. The van der Waals surface area contributed by atoms with Gasteiger partial charge in [-0.1, -0.05) is 11.6 Å². The molecule has 1 amide bonds. The van der Waals surface area contributed by atoms with Crippen molar-refractivity contribution in [3.8, 4) is 0 Å². The molecule has 1 heterocycles. The Labute approximate surface area is 184 Å². The van der Waals surface area contributed by atoms with E-state index < -0.39 is 0 Å². The lowest BCUT2D eigenvalue weighted by Crippen LogP contribution is -2.50. The molecule has 0 unspecified atom stereocenters. The lowest BCUT2D eigenvalue weighted by Gasteiger charge is -2.36. The largest absolute Gasteiger partial charge is 0.368 e. The number of hydrogen-bond acceptors (Lipinski definition) is 3. The molecular formula is C19H31ClIN5O. The molecule has 0 radical (unpaired) electrons. The first-order chi connectivity index (χ1) is 12.3. The number of benzene rings is 1. The lowest BCUT2D eigenvalue weighted by molar-refractivity contribution is -0.129. The Balaban J connectivity index is 0.00000364. The predicted octanol–water partition coefficient (Wildman–Crippen LogP) is 2.96. The molecule has 1 fully saturated rings. The number of halogens is 2. The maximum Gasteiger partial charge on any atom is 0.244 e. The van der Waals surface area contributed by atoms with Gasteiger partial charge >= 0.3 is 0 Å². The van der Waals surface area contributed by atoms with Crippen molar-refractivity contribution < 1.29 is 4.79 Å². The van der Waals surface area contributed by atoms with Gasteiger partial charge < -0.3 is 20.4 Å². The Morgan fingerprint density at radius 3 is 2.26 bits per heavy atom. The van der Waals surface area contributed by atoms with Crippen LogP contribution in [0.1, 0.15) is 27.7 Å². The Morgan fingerprint density at radius 2 is 1.74 bits per heavy atom. The number of carbonyl (C=O) groups excluding carboxylic acids is 1. The topological polar surface area (TPSA) is 60.0 Å². The molecule has 0 saturated carbocycles. The predicted molar refractivity (Wildman–Crippen MR) is 125 cm³/mol. The zero-order valence-corrected chi connectivity index (χ0v) is 19.7. The van der Waals surface area contributed by atoms with Gasteiger partial charge in [0.2, 0.25) is 5.91 Å². The van der Waals surface area contributed by atoms with Crippen molar-refractivity contribution in [2.45, 2.75) is 33.2 Å². The molecular weight excluding hydrogens is 477 g/mol. The highest BCUT2D eigenvalue weighted by atomic mass is 127. The minimum absolute atomic E-state index is 0. The Kier molecular flexibility index (Phi) is 9.66. The molecule has 1 aliphatic rings. The third-order valence-electron chi connectivity index (χ3n) is 4.03. The maximum absolute atomic E-state index is 12.5. The Morgan fingerprint density at radius 1 is 1.15 bits per heavy atom. The summed E-state index contributed by atoms with van der Waals surface area (Å²) in [5, 5.41) is 7.21. The average molecular weight is 508 g/mol. The van der Waals surface area contributed by atoms with Gasteiger partial charge in [-0.3, -0.25) is 4.79 Å². The number of carbonyl (C=O) groups is 1. The molecule has 0 aromatic heterocycles. The molecule has 1 aromatic carbocycles. The van der Waals surface area contributed by atoms with Crippen LogP contribution in [0.2, 0.25) is 5.02 Å². The normalized spacial score (nSPS) is 15.2. The van der Waals surface area contributed by atoms with E-state index in [0.717, 1.165) is 30.3 Å². The van der Waals surface area contributed by atoms with Crippen molar-refractivity contribution in [3.05, 3.63) is 29.3 Å². The number of piperazine rings is 1. The highest BCUT2D eigenvalue weighted by molar-refractivity contribution is 14.0. The minimum atomic E-state index is -0.103. The quantitative estimate of drug-likeness (QED) is 0.374. The average Bonchev–Trinajstić information content (AvgIpc) is 2.59. The first-order valence-corrected chi connectivity index (χ1v) is 9.51. The van der Waals surface area contributed by atoms with Crippen LogP contribution in [0.3, 0.4) is 0 Å². The molecule has 0 atom stereocenters. The van der Waals surface area contributed by atoms with Crippen LogP contribution >= 0.6 is 35.6 Å². The summed E-state index contributed by atoms with van der Waals surface area (Å²) in [6.45, 7) is 12.2. The van der Waals surface area contributed by atoms with E-state index in [2.05, 4.69) is 41.3 Å². The van der Waals surface area contributed by atoms with E-state index in [1.807, 2.05) is 36.1 Å². The summed E-state index contributed by atoms with van der Waals surface area (Å²) in [5.41, 5.74) is 1.04. The fraction of sp³-hybridized carbons (Fsp3) is 0.579. The summed E-state index contributed by atoms with van der Waals surface area (Å²) in [6.07, 6.45) is 0. The van der Waals surface area contributed by atoms with Crippen LogP contribution in [0.15, 0.2) is 29.3 Å². The van der Waals surface area contributed by atoms with Gasteiger partial charge in [-0.25, -0.2) is 4.99 Å².